The molecular formula is C19H27ClNNaO4S. The molecule has 0 unspecified atom stereocenters. The number of sulfonamides is 1. The van der Waals surface area contributed by atoms with Gasteiger partial charge in [-0.1, -0.05) is 36.6 Å². The number of hydrogen-bond acceptors (Lipinski definition) is 3. The molecule has 0 aromatic heterocycles. The van der Waals surface area contributed by atoms with Crippen LogP contribution < -0.4 is 34.3 Å². The fourth-order valence-corrected chi connectivity index (χ4v) is 4.99. The van der Waals surface area contributed by atoms with E-state index in [1.165, 1.54) is 12.1 Å². The van der Waals surface area contributed by atoms with Crippen molar-refractivity contribution in [2.45, 2.75) is 68.2 Å². The van der Waals surface area contributed by atoms with Crippen LogP contribution in [-0.2, 0) is 14.8 Å². The zero-order chi connectivity index (χ0) is 19.0. The molecule has 2 rings (SSSR count). The topological polar surface area (TPSA) is 83.5 Å². The molecule has 2 N–H and O–H groups in total. The van der Waals surface area contributed by atoms with Gasteiger partial charge in [0.1, 0.15) is 0 Å². The molecular weight excluding hydrogens is 397 g/mol. The van der Waals surface area contributed by atoms with E-state index < -0.39 is 21.5 Å². The molecule has 5 nitrogen and oxygen atoms in total. The average molecular weight is 424 g/mol. The molecule has 1 aliphatic carbocycles. The second-order valence-electron chi connectivity index (χ2n) is 6.84. The Labute approximate surface area is 190 Å². The van der Waals surface area contributed by atoms with Crippen LogP contribution in [-0.4, -0.2) is 25.0 Å². The third-order valence-corrected chi connectivity index (χ3v) is 6.60. The summed E-state index contributed by atoms with van der Waals surface area (Å²) in [5, 5.41) is 9.12. The Morgan fingerprint density at radius 1 is 1.19 bits per heavy atom. The van der Waals surface area contributed by atoms with Crippen molar-refractivity contribution in [3.8, 4) is 0 Å². The Bertz CT molecular complexity index is 735. The van der Waals surface area contributed by atoms with Crippen LogP contribution in [0.25, 0.3) is 0 Å². The fraction of sp³-hybridized carbons (Fsp3) is 0.526. The molecule has 1 fully saturated rings. The third-order valence-electron chi connectivity index (χ3n) is 4.75. The SMILES string of the molecule is O=C(O)CCC/C=C\CCC1(NS(=O)(=O)c2ccc(Cl)cc2)CCCC1.[H-].[Na+]. The molecule has 0 bridgehead atoms. The zero-order valence-corrected chi connectivity index (χ0v) is 19.4. The van der Waals surface area contributed by atoms with Gasteiger partial charge in [-0.05, 0) is 62.8 Å². The molecule has 0 spiro atoms. The van der Waals surface area contributed by atoms with E-state index in [1.807, 2.05) is 12.2 Å². The molecule has 0 heterocycles. The molecule has 0 amide bonds. The molecule has 1 aromatic carbocycles. The Morgan fingerprint density at radius 3 is 2.37 bits per heavy atom. The number of halogens is 1. The number of carboxylic acid groups (broad SMARTS) is 1. The quantitative estimate of drug-likeness (QED) is 0.340. The number of aliphatic carboxylic acids is 1. The summed E-state index contributed by atoms with van der Waals surface area (Å²) >= 11 is 5.84. The van der Waals surface area contributed by atoms with Crippen molar-refractivity contribution < 1.29 is 49.3 Å². The molecule has 0 atom stereocenters. The van der Waals surface area contributed by atoms with Crippen LogP contribution in [0, 0.1) is 0 Å². The van der Waals surface area contributed by atoms with Gasteiger partial charge in [0.15, 0.2) is 0 Å². The van der Waals surface area contributed by atoms with E-state index in [0.717, 1.165) is 44.9 Å². The summed E-state index contributed by atoms with van der Waals surface area (Å²) in [5.74, 6) is -0.778. The first-order chi connectivity index (χ1) is 12.3. The van der Waals surface area contributed by atoms with Gasteiger partial charge in [-0.15, -0.1) is 0 Å². The second-order valence-corrected chi connectivity index (χ2v) is 8.96. The van der Waals surface area contributed by atoms with E-state index in [0.29, 0.717) is 11.4 Å². The van der Waals surface area contributed by atoms with Gasteiger partial charge in [0.2, 0.25) is 10.0 Å². The monoisotopic (exact) mass is 423 g/mol. The van der Waals surface area contributed by atoms with Crippen molar-refractivity contribution in [1.82, 2.24) is 4.72 Å². The molecule has 27 heavy (non-hydrogen) atoms. The molecule has 0 aliphatic heterocycles. The van der Waals surface area contributed by atoms with E-state index in [2.05, 4.69) is 4.72 Å². The van der Waals surface area contributed by atoms with Crippen LogP contribution in [0.4, 0.5) is 0 Å². The second kappa shape index (κ2) is 11.6. The number of allylic oxidation sites excluding steroid dienone is 2. The van der Waals surface area contributed by atoms with Crippen LogP contribution in [0.5, 0.6) is 0 Å². The minimum absolute atomic E-state index is 0. The largest absolute Gasteiger partial charge is 1.00 e. The van der Waals surface area contributed by atoms with Crippen LogP contribution in [0.3, 0.4) is 0 Å². The summed E-state index contributed by atoms with van der Waals surface area (Å²) in [6, 6.07) is 6.21. The first kappa shape index (κ1) is 24.7. The summed E-state index contributed by atoms with van der Waals surface area (Å²) in [6.07, 6.45) is 10.8. The van der Waals surface area contributed by atoms with Crippen molar-refractivity contribution in [2.75, 3.05) is 0 Å². The van der Waals surface area contributed by atoms with Crippen molar-refractivity contribution in [1.29, 1.82) is 0 Å². The third kappa shape index (κ3) is 8.26. The maximum Gasteiger partial charge on any atom is 1.00 e. The Balaban J connectivity index is 0.00000364. The minimum atomic E-state index is -3.58. The van der Waals surface area contributed by atoms with Gasteiger partial charge in [0.05, 0.1) is 4.90 Å². The number of benzene rings is 1. The fourth-order valence-electron chi connectivity index (χ4n) is 3.38. The Morgan fingerprint density at radius 2 is 1.78 bits per heavy atom. The van der Waals surface area contributed by atoms with Crippen molar-refractivity contribution >= 4 is 27.6 Å². The van der Waals surface area contributed by atoms with Crippen molar-refractivity contribution in [3.05, 3.63) is 41.4 Å². The predicted molar refractivity (Wildman–Crippen MR) is 104 cm³/mol. The van der Waals surface area contributed by atoms with Gasteiger partial charge >= 0.3 is 35.5 Å². The molecule has 1 aliphatic rings. The van der Waals surface area contributed by atoms with E-state index in [-0.39, 0.29) is 42.3 Å². The van der Waals surface area contributed by atoms with Crippen LogP contribution in [0.1, 0.15) is 59.2 Å². The van der Waals surface area contributed by atoms with E-state index >= 15 is 0 Å². The van der Waals surface area contributed by atoms with Gasteiger partial charge in [0.25, 0.3) is 0 Å². The number of hydrogen-bond donors (Lipinski definition) is 2. The Hall–Kier alpha value is -0.370. The van der Waals surface area contributed by atoms with Crippen LogP contribution in [0.15, 0.2) is 41.3 Å². The molecule has 0 saturated heterocycles. The van der Waals surface area contributed by atoms with Crippen LogP contribution in [0.2, 0.25) is 5.02 Å². The average Bonchev–Trinajstić information content (AvgIpc) is 3.02. The minimum Gasteiger partial charge on any atom is -1.00 e. The first-order valence-corrected chi connectivity index (χ1v) is 10.9. The molecule has 1 aromatic rings. The molecule has 1 saturated carbocycles. The van der Waals surface area contributed by atoms with Crippen molar-refractivity contribution in [2.24, 2.45) is 0 Å². The summed E-state index contributed by atoms with van der Waals surface area (Å²) in [6.45, 7) is 0. The number of nitrogens with one attached hydrogen (secondary N) is 1. The number of carboxylic acids is 1. The van der Waals surface area contributed by atoms with E-state index in [1.54, 1.807) is 12.1 Å². The summed E-state index contributed by atoms with van der Waals surface area (Å²) < 4.78 is 28.4. The predicted octanol–water partition coefficient (Wildman–Crippen LogP) is 1.64. The maximum absolute atomic E-state index is 12.7. The number of unbranched alkanes of at least 4 members (excludes halogenated alkanes) is 1. The van der Waals surface area contributed by atoms with Gasteiger partial charge in [0, 0.05) is 17.0 Å². The van der Waals surface area contributed by atoms with Gasteiger partial charge in [-0.2, -0.15) is 0 Å². The normalized spacial score (nSPS) is 16.3. The maximum atomic E-state index is 12.7. The van der Waals surface area contributed by atoms with Gasteiger partial charge in [-0.3, -0.25) is 4.79 Å². The summed E-state index contributed by atoms with van der Waals surface area (Å²) in [7, 11) is -3.58. The van der Waals surface area contributed by atoms with Gasteiger partial charge in [-0.25, -0.2) is 13.1 Å². The van der Waals surface area contributed by atoms with E-state index in [9.17, 15) is 13.2 Å². The standard InChI is InChI=1S/C19H26ClNO4S.Na.H/c20-16-9-11-17(12-10-16)26(24,25)21-19(14-6-7-15-19)13-5-3-1-2-4-8-18(22)23;;/h1,3,9-12,21H,2,4-8,13-15H2,(H,22,23);;/q;+1;-1/b3-1-;;. The zero-order valence-electron chi connectivity index (χ0n) is 16.8. The smallest absolute Gasteiger partial charge is 1.00 e. The van der Waals surface area contributed by atoms with Crippen LogP contribution >= 0.6 is 11.6 Å². The van der Waals surface area contributed by atoms with Crippen molar-refractivity contribution in [3.63, 3.8) is 0 Å². The molecule has 8 heteroatoms. The summed E-state index contributed by atoms with van der Waals surface area (Å²) in [5.41, 5.74) is -0.399. The molecule has 146 valence electrons. The summed E-state index contributed by atoms with van der Waals surface area (Å²) in [4.78, 5) is 10.7. The number of carbonyl (C=O) groups is 1. The van der Waals surface area contributed by atoms with E-state index in [4.69, 9.17) is 16.7 Å². The Kier molecular flexibility index (Phi) is 10.6. The first-order valence-electron chi connectivity index (χ1n) is 8.99. The molecule has 0 radical (unpaired) electrons. The van der Waals surface area contributed by atoms with Gasteiger partial charge < -0.3 is 6.53 Å². The number of rotatable bonds is 10.